The maximum Gasteiger partial charge on any atom is 0.239 e. The monoisotopic (exact) mass is 295 g/mol. The highest BCUT2D eigenvalue weighted by molar-refractivity contribution is 6.29. The molecule has 0 saturated carbocycles. The second-order valence-electron chi connectivity index (χ2n) is 4.51. The fraction of sp³-hybridized carbons (Fsp3) is 0.286. The normalized spacial score (nSPS) is 10.6. The topological polar surface area (TPSA) is 46.9 Å². The number of aryl methyl sites for hydroxylation is 1. The lowest BCUT2D eigenvalue weighted by atomic mass is 10.2. The molecule has 1 amide bonds. The first kappa shape index (κ1) is 14.5. The minimum absolute atomic E-state index is 0.0952. The number of anilines is 1. The van der Waals surface area contributed by atoms with Crippen molar-refractivity contribution >= 4 is 23.2 Å². The first-order valence-electron chi connectivity index (χ1n) is 6.15. The summed E-state index contributed by atoms with van der Waals surface area (Å²) in [5, 5.41) is 7.11. The summed E-state index contributed by atoms with van der Waals surface area (Å²) < 4.78 is 14.6. The van der Waals surface area contributed by atoms with Gasteiger partial charge in [-0.05, 0) is 31.5 Å². The van der Waals surface area contributed by atoms with Gasteiger partial charge in [-0.3, -0.25) is 9.48 Å². The molecule has 0 unspecified atom stereocenters. The van der Waals surface area contributed by atoms with Gasteiger partial charge < -0.3 is 5.32 Å². The van der Waals surface area contributed by atoms with Crippen LogP contribution in [0.2, 0.25) is 0 Å². The van der Waals surface area contributed by atoms with Crippen molar-refractivity contribution in [1.29, 1.82) is 0 Å². The molecule has 1 aromatic carbocycles. The van der Waals surface area contributed by atoms with Crippen molar-refractivity contribution in [2.75, 3.05) is 11.2 Å². The van der Waals surface area contributed by atoms with Crippen molar-refractivity contribution in [3.63, 3.8) is 0 Å². The van der Waals surface area contributed by atoms with Crippen LogP contribution >= 0.6 is 11.6 Å². The maximum absolute atomic E-state index is 12.9. The summed E-state index contributed by atoms with van der Waals surface area (Å²) in [6.45, 7) is 4.20. The number of nitrogens with one attached hydrogen (secondary N) is 1. The van der Waals surface area contributed by atoms with Gasteiger partial charge in [-0.25, -0.2) is 4.39 Å². The second-order valence-corrected chi connectivity index (χ2v) is 4.78. The van der Waals surface area contributed by atoms with E-state index in [1.807, 2.05) is 13.8 Å². The fourth-order valence-corrected chi connectivity index (χ4v) is 2.03. The molecule has 0 fully saturated rings. The van der Waals surface area contributed by atoms with Crippen LogP contribution in [0, 0.1) is 19.7 Å². The minimum atomic E-state index is -0.266. The van der Waals surface area contributed by atoms with Crippen molar-refractivity contribution in [1.82, 2.24) is 9.78 Å². The first-order chi connectivity index (χ1) is 9.51. The lowest BCUT2D eigenvalue weighted by Gasteiger charge is -2.06. The van der Waals surface area contributed by atoms with Gasteiger partial charge in [-0.2, -0.15) is 5.10 Å². The zero-order chi connectivity index (χ0) is 14.7. The molecule has 1 heterocycles. The highest BCUT2D eigenvalue weighted by atomic mass is 35.5. The quantitative estimate of drug-likeness (QED) is 0.882. The van der Waals surface area contributed by atoms with E-state index in [4.69, 9.17) is 11.6 Å². The number of alkyl halides is 1. The van der Waals surface area contributed by atoms with E-state index >= 15 is 0 Å². The van der Waals surface area contributed by atoms with Crippen molar-refractivity contribution in [3.8, 4) is 0 Å². The number of aromatic nitrogens is 2. The average Bonchev–Trinajstić information content (AvgIpc) is 2.69. The van der Waals surface area contributed by atoms with Crippen LogP contribution in [-0.2, 0) is 11.3 Å². The molecule has 0 spiro atoms. The van der Waals surface area contributed by atoms with E-state index in [0.717, 1.165) is 17.0 Å². The number of hydrogen-bond acceptors (Lipinski definition) is 2. The Balaban J connectivity index is 2.23. The molecule has 0 bridgehead atoms. The summed E-state index contributed by atoms with van der Waals surface area (Å²) in [5.74, 6) is -0.626. The van der Waals surface area contributed by atoms with Gasteiger partial charge in [0, 0.05) is 0 Å². The zero-order valence-corrected chi connectivity index (χ0v) is 12.0. The van der Waals surface area contributed by atoms with Crippen molar-refractivity contribution in [2.24, 2.45) is 0 Å². The van der Waals surface area contributed by atoms with Gasteiger partial charge in [-0.1, -0.05) is 12.1 Å². The second kappa shape index (κ2) is 6.05. The molecule has 2 rings (SSSR count). The summed E-state index contributed by atoms with van der Waals surface area (Å²) in [4.78, 5) is 11.4. The molecule has 106 valence electrons. The average molecular weight is 296 g/mol. The van der Waals surface area contributed by atoms with Crippen LogP contribution in [-0.4, -0.2) is 21.6 Å². The number of hydrogen-bond donors (Lipinski definition) is 1. The summed E-state index contributed by atoms with van der Waals surface area (Å²) >= 11 is 5.48. The Morgan fingerprint density at radius 1 is 1.35 bits per heavy atom. The highest BCUT2D eigenvalue weighted by Gasteiger charge is 2.13. The van der Waals surface area contributed by atoms with Gasteiger partial charge in [0.25, 0.3) is 0 Å². The van der Waals surface area contributed by atoms with E-state index < -0.39 is 0 Å². The Hall–Kier alpha value is -1.88. The SMILES string of the molecule is Cc1nn(Cc2ccc(F)cc2)c(C)c1NC(=O)CCl. The lowest BCUT2D eigenvalue weighted by molar-refractivity contribution is -0.113. The number of benzene rings is 1. The molecule has 4 nitrogen and oxygen atoms in total. The van der Waals surface area contributed by atoms with Gasteiger partial charge >= 0.3 is 0 Å². The van der Waals surface area contributed by atoms with Gasteiger partial charge in [0.05, 0.1) is 23.6 Å². The Labute approximate surface area is 121 Å². The Bertz CT molecular complexity index is 622. The summed E-state index contributed by atoms with van der Waals surface area (Å²) in [5.41, 5.74) is 3.18. The van der Waals surface area contributed by atoms with Gasteiger partial charge in [-0.15, -0.1) is 11.6 Å². The van der Waals surface area contributed by atoms with Crippen molar-refractivity contribution in [2.45, 2.75) is 20.4 Å². The molecule has 2 aromatic rings. The summed E-state index contributed by atoms with van der Waals surface area (Å²) in [6, 6.07) is 6.25. The smallest absolute Gasteiger partial charge is 0.239 e. The molecule has 6 heteroatoms. The van der Waals surface area contributed by atoms with Crippen molar-refractivity contribution in [3.05, 3.63) is 47.0 Å². The van der Waals surface area contributed by atoms with Gasteiger partial charge in [0.1, 0.15) is 11.7 Å². The third kappa shape index (κ3) is 3.17. The number of carbonyl (C=O) groups is 1. The molecular weight excluding hydrogens is 281 g/mol. The molecule has 0 atom stereocenters. The molecule has 0 aliphatic carbocycles. The van der Waals surface area contributed by atoms with E-state index in [0.29, 0.717) is 12.2 Å². The van der Waals surface area contributed by atoms with E-state index in [1.54, 1.807) is 16.8 Å². The first-order valence-corrected chi connectivity index (χ1v) is 6.69. The van der Waals surface area contributed by atoms with Gasteiger partial charge in [0.15, 0.2) is 0 Å². The predicted octanol–water partition coefficient (Wildman–Crippen LogP) is 2.86. The van der Waals surface area contributed by atoms with E-state index in [1.165, 1.54) is 12.1 Å². The number of nitrogens with zero attached hydrogens (tertiary/aromatic N) is 2. The zero-order valence-electron chi connectivity index (χ0n) is 11.3. The van der Waals surface area contributed by atoms with Crippen LogP contribution in [0.15, 0.2) is 24.3 Å². The Morgan fingerprint density at radius 2 is 2.00 bits per heavy atom. The number of halogens is 2. The highest BCUT2D eigenvalue weighted by Crippen LogP contribution is 2.20. The molecule has 1 aromatic heterocycles. The standard InChI is InChI=1S/C14H15ClFN3O/c1-9-14(17-13(20)7-15)10(2)19(18-9)8-11-3-5-12(16)6-4-11/h3-6H,7-8H2,1-2H3,(H,17,20). The van der Waals surface area contributed by atoms with E-state index in [9.17, 15) is 9.18 Å². The molecule has 0 saturated heterocycles. The fourth-order valence-electron chi connectivity index (χ4n) is 1.97. The third-order valence-electron chi connectivity index (χ3n) is 3.01. The Morgan fingerprint density at radius 3 is 2.60 bits per heavy atom. The molecular formula is C14H15ClFN3O. The largest absolute Gasteiger partial charge is 0.322 e. The summed E-state index contributed by atoms with van der Waals surface area (Å²) in [7, 11) is 0. The van der Waals surface area contributed by atoms with Gasteiger partial charge in [0.2, 0.25) is 5.91 Å². The molecule has 20 heavy (non-hydrogen) atoms. The minimum Gasteiger partial charge on any atom is -0.322 e. The van der Waals surface area contributed by atoms with Crippen LogP contribution in [0.1, 0.15) is 17.0 Å². The molecule has 0 aliphatic heterocycles. The van der Waals surface area contributed by atoms with Crippen LogP contribution in [0.5, 0.6) is 0 Å². The lowest BCUT2D eigenvalue weighted by Crippen LogP contribution is -2.14. The molecule has 1 N–H and O–H groups in total. The van der Waals surface area contributed by atoms with E-state index in [2.05, 4.69) is 10.4 Å². The molecule has 0 radical (unpaired) electrons. The third-order valence-corrected chi connectivity index (χ3v) is 3.26. The van der Waals surface area contributed by atoms with E-state index in [-0.39, 0.29) is 17.6 Å². The number of carbonyl (C=O) groups excluding carboxylic acids is 1. The van der Waals surface area contributed by atoms with Crippen LogP contribution in [0.25, 0.3) is 0 Å². The Kier molecular flexibility index (Phi) is 4.39. The molecule has 0 aliphatic rings. The predicted molar refractivity (Wildman–Crippen MR) is 76.6 cm³/mol. The number of amides is 1. The van der Waals surface area contributed by atoms with Crippen LogP contribution < -0.4 is 5.32 Å². The number of rotatable bonds is 4. The van der Waals surface area contributed by atoms with Crippen molar-refractivity contribution < 1.29 is 9.18 Å². The summed E-state index contributed by atoms with van der Waals surface area (Å²) in [6.07, 6.45) is 0. The van der Waals surface area contributed by atoms with Crippen LogP contribution in [0.4, 0.5) is 10.1 Å². The van der Waals surface area contributed by atoms with Crippen LogP contribution in [0.3, 0.4) is 0 Å². The maximum atomic E-state index is 12.9.